The van der Waals surface area contributed by atoms with Gasteiger partial charge >= 0.3 is 12.1 Å². The second-order valence-corrected chi connectivity index (χ2v) is 13.0. The van der Waals surface area contributed by atoms with Crippen LogP contribution >= 0.6 is 68.1 Å². The molecule has 4 aromatic rings. The van der Waals surface area contributed by atoms with Gasteiger partial charge in [0.2, 0.25) is 0 Å². The Morgan fingerprint density at radius 1 is 1.09 bits per heavy atom. The Morgan fingerprint density at radius 3 is 2.35 bits per heavy atom. The SMILES string of the molecule is CCOC(=O)C1=C(C(F)(F)F)N=c2s/c(=C\c3cc(I)c(OCc4ccccc4)c(I)c3)c(=O)n2[C@H]1c1ccc(Cl)cc1. The predicted octanol–water partition coefficient (Wildman–Crippen LogP) is 6.78. The summed E-state index contributed by atoms with van der Waals surface area (Å²) in [4.78, 5) is 30.4. The van der Waals surface area contributed by atoms with Gasteiger partial charge in [-0.15, -0.1) is 0 Å². The molecule has 5 rings (SSSR count). The van der Waals surface area contributed by atoms with E-state index < -0.39 is 35.0 Å². The number of nitrogens with zero attached hydrogens (tertiary/aromatic N) is 2. The average molecular weight is 851 g/mol. The lowest BCUT2D eigenvalue weighted by Gasteiger charge is -2.26. The molecule has 0 N–H and O–H groups in total. The van der Waals surface area contributed by atoms with Crippen LogP contribution in [-0.2, 0) is 16.1 Å². The third kappa shape index (κ3) is 6.86. The van der Waals surface area contributed by atoms with Crippen molar-refractivity contribution >= 4 is 80.2 Å². The summed E-state index contributed by atoms with van der Waals surface area (Å²) >= 11 is 11.1. The number of aromatic nitrogens is 1. The number of hydrogen-bond acceptors (Lipinski definition) is 6. The number of allylic oxidation sites excluding steroid dienone is 1. The number of hydrogen-bond donors (Lipinski definition) is 0. The molecule has 43 heavy (non-hydrogen) atoms. The van der Waals surface area contributed by atoms with E-state index in [1.165, 1.54) is 31.2 Å². The van der Waals surface area contributed by atoms with Gasteiger partial charge in [0.1, 0.15) is 12.4 Å². The maximum atomic E-state index is 14.3. The lowest BCUT2D eigenvalue weighted by molar-refractivity contribution is -0.140. The first-order chi connectivity index (χ1) is 20.5. The van der Waals surface area contributed by atoms with Crippen molar-refractivity contribution in [3.8, 4) is 5.75 Å². The molecule has 0 radical (unpaired) electrons. The fraction of sp³-hybridized carbons (Fsp3) is 0.167. The Labute approximate surface area is 279 Å². The molecule has 222 valence electrons. The summed E-state index contributed by atoms with van der Waals surface area (Å²) in [7, 11) is 0. The van der Waals surface area contributed by atoms with Gasteiger partial charge in [-0.25, -0.2) is 9.79 Å². The second-order valence-electron chi connectivity index (χ2n) is 9.20. The predicted molar refractivity (Wildman–Crippen MR) is 175 cm³/mol. The molecule has 2 heterocycles. The number of carbonyl (C=O) groups is 1. The van der Waals surface area contributed by atoms with Crippen molar-refractivity contribution in [1.29, 1.82) is 0 Å². The number of ether oxygens (including phenoxy) is 2. The van der Waals surface area contributed by atoms with E-state index in [0.29, 0.717) is 22.9 Å². The summed E-state index contributed by atoms with van der Waals surface area (Å²) in [6.45, 7) is 1.70. The van der Waals surface area contributed by atoms with Gasteiger partial charge in [-0.3, -0.25) is 9.36 Å². The molecule has 6 nitrogen and oxygen atoms in total. The number of fused-ring (bicyclic) bond motifs is 1. The van der Waals surface area contributed by atoms with E-state index in [-0.39, 0.29) is 21.5 Å². The third-order valence-corrected chi connectivity index (χ3v) is 9.16. The Balaban J connectivity index is 1.63. The standard InChI is InChI=1S/C30H20ClF3I2N2O4S/c1-2-41-28(40)23-24(18-8-10-19(31)11-9-18)38-27(39)22(43-29(38)37-26(23)30(32,33)34)14-17-12-20(35)25(21(36)13-17)42-15-16-6-4-3-5-7-16/h3-14,24H,2,15H2,1H3/b22-14-/t24-/m0/s1. The van der Waals surface area contributed by atoms with Crippen LogP contribution in [-0.4, -0.2) is 23.3 Å². The lowest BCUT2D eigenvalue weighted by atomic mass is 9.95. The van der Waals surface area contributed by atoms with E-state index in [1.807, 2.05) is 42.5 Å². The van der Waals surface area contributed by atoms with Crippen LogP contribution in [0.3, 0.4) is 0 Å². The monoisotopic (exact) mass is 850 g/mol. The first-order valence-electron chi connectivity index (χ1n) is 12.7. The smallest absolute Gasteiger partial charge is 0.434 e. The molecular weight excluding hydrogens is 831 g/mol. The van der Waals surface area contributed by atoms with Crippen molar-refractivity contribution in [3.05, 3.63) is 127 Å². The van der Waals surface area contributed by atoms with Crippen LogP contribution in [0.25, 0.3) is 6.08 Å². The van der Waals surface area contributed by atoms with Crippen LogP contribution < -0.4 is 19.6 Å². The van der Waals surface area contributed by atoms with Crippen LogP contribution in [0.15, 0.2) is 87.8 Å². The molecule has 1 aliphatic rings. The van der Waals surface area contributed by atoms with Crippen LogP contribution in [0.5, 0.6) is 5.75 Å². The topological polar surface area (TPSA) is 69.9 Å². The number of esters is 1. The van der Waals surface area contributed by atoms with E-state index in [1.54, 1.807) is 6.08 Å². The summed E-state index contributed by atoms with van der Waals surface area (Å²) in [5.74, 6) is -0.525. The quantitative estimate of drug-likeness (QED) is 0.152. The van der Waals surface area contributed by atoms with Crippen molar-refractivity contribution in [1.82, 2.24) is 4.57 Å². The molecule has 1 atom stereocenters. The Bertz CT molecular complexity index is 1880. The van der Waals surface area contributed by atoms with Crippen LogP contribution in [0.1, 0.15) is 29.7 Å². The Morgan fingerprint density at radius 2 is 1.74 bits per heavy atom. The minimum Gasteiger partial charge on any atom is -0.487 e. The molecule has 0 saturated heterocycles. The molecule has 0 unspecified atom stereocenters. The van der Waals surface area contributed by atoms with Gasteiger partial charge in [-0.2, -0.15) is 13.2 Å². The number of rotatable bonds is 7. The summed E-state index contributed by atoms with van der Waals surface area (Å²) in [6, 6.07) is 17.8. The molecule has 13 heteroatoms. The van der Waals surface area contributed by atoms with Crippen molar-refractivity contribution in [2.24, 2.45) is 4.99 Å². The average Bonchev–Trinajstić information content (AvgIpc) is 3.26. The van der Waals surface area contributed by atoms with Gasteiger partial charge in [0.15, 0.2) is 10.5 Å². The highest BCUT2D eigenvalue weighted by molar-refractivity contribution is 14.1. The minimum atomic E-state index is -4.98. The van der Waals surface area contributed by atoms with E-state index >= 15 is 0 Å². The van der Waals surface area contributed by atoms with Gasteiger partial charge in [-0.1, -0.05) is 65.4 Å². The number of carbonyl (C=O) groups excluding carboxylic acids is 1. The van der Waals surface area contributed by atoms with E-state index in [4.69, 9.17) is 21.1 Å². The molecule has 0 bridgehead atoms. The van der Waals surface area contributed by atoms with E-state index in [2.05, 4.69) is 50.2 Å². The molecule has 0 amide bonds. The zero-order chi connectivity index (χ0) is 30.9. The molecule has 0 fully saturated rings. The lowest BCUT2D eigenvalue weighted by Crippen LogP contribution is -2.41. The highest BCUT2D eigenvalue weighted by Crippen LogP contribution is 2.38. The third-order valence-electron chi connectivity index (χ3n) is 6.33. The second kappa shape index (κ2) is 13.1. The fourth-order valence-electron chi connectivity index (χ4n) is 4.48. The van der Waals surface area contributed by atoms with Gasteiger partial charge in [-0.05, 0) is 99.1 Å². The molecule has 0 spiro atoms. The maximum Gasteiger partial charge on any atom is 0.434 e. The minimum absolute atomic E-state index is 0.147. The maximum absolute atomic E-state index is 14.3. The number of halogens is 6. The first kappa shape index (κ1) is 31.7. The summed E-state index contributed by atoms with van der Waals surface area (Å²) < 4.78 is 56.8. The highest BCUT2D eigenvalue weighted by atomic mass is 127. The molecular formula is C30H20ClF3I2N2O4S. The number of benzene rings is 3. The van der Waals surface area contributed by atoms with Crippen LogP contribution in [0.2, 0.25) is 5.02 Å². The molecule has 0 saturated carbocycles. The Kier molecular flexibility index (Phi) is 9.68. The van der Waals surface area contributed by atoms with Gasteiger partial charge in [0.25, 0.3) is 5.56 Å². The van der Waals surface area contributed by atoms with Gasteiger partial charge < -0.3 is 9.47 Å². The summed E-state index contributed by atoms with van der Waals surface area (Å²) in [6.07, 6.45) is -3.39. The van der Waals surface area contributed by atoms with Crippen molar-refractivity contribution in [2.75, 3.05) is 6.61 Å². The van der Waals surface area contributed by atoms with Crippen molar-refractivity contribution in [2.45, 2.75) is 25.7 Å². The highest BCUT2D eigenvalue weighted by Gasteiger charge is 2.45. The van der Waals surface area contributed by atoms with Gasteiger partial charge in [0.05, 0.1) is 29.9 Å². The Hall–Kier alpha value is -2.69. The van der Waals surface area contributed by atoms with Gasteiger partial charge in [0, 0.05) is 5.02 Å². The van der Waals surface area contributed by atoms with Crippen molar-refractivity contribution in [3.63, 3.8) is 0 Å². The number of thiazole rings is 1. The molecule has 3 aromatic carbocycles. The van der Waals surface area contributed by atoms with E-state index in [9.17, 15) is 22.8 Å². The molecule has 0 aliphatic carbocycles. The summed E-state index contributed by atoms with van der Waals surface area (Å²) in [5.41, 5.74) is -0.853. The molecule has 1 aromatic heterocycles. The first-order valence-corrected chi connectivity index (χ1v) is 16.0. The normalized spacial score (nSPS) is 15.2. The number of alkyl halides is 3. The van der Waals surface area contributed by atoms with Crippen LogP contribution in [0.4, 0.5) is 13.2 Å². The zero-order valence-corrected chi connectivity index (χ0v) is 28.0. The zero-order valence-electron chi connectivity index (χ0n) is 22.1. The largest absolute Gasteiger partial charge is 0.487 e. The molecule has 1 aliphatic heterocycles. The van der Waals surface area contributed by atoms with E-state index in [0.717, 1.165) is 28.6 Å². The fourth-order valence-corrected chi connectivity index (χ4v) is 7.74. The van der Waals surface area contributed by atoms with Crippen molar-refractivity contribution < 1.29 is 27.4 Å². The summed E-state index contributed by atoms with van der Waals surface area (Å²) in [5, 5.41) is 0.342. The van der Waals surface area contributed by atoms with Crippen LogP contribution in [0, 0.1) is 7.14 Å².